The van der Waals surface area contributed by atoms with Crippen LogP contribution in [0.1, 0.15) is 22.6 Å². The average Bonchev–Trinajstić information content (AvgIpc) is 1.67. The normalized spacial score (nSPS) is 7.67. The Labute approximate surface area is 87.9 Å². The Balaban J connectivity index is -0.0000000817. The molecule has 0 saturated heterocycles. The van der Waals surface area contributed by atoms with E-state index in [4.69, 9.17) is 5.11 Å². The molecule has 0 rings (SSSR count). The fourth-order valence-electron chi connectivity index (χ4n) is 0.409. The quantitative estimate of drug-likeness (QED) is 0.493. The number of aliphatic carboxylic acids is 1. The molecule has 0 amide bonds. The first-order valence-electron chi connectivity index (χ1n) is 2.59. The van der Waals surface area contributed by atoms with E-state index in [1.54, 1.807) is 0 Å². The molecule has 0 aliphatic heterocycles. The van der Waals surface area contributed by atoms with Gasteiger partial charge in [-0.15, -0.1) is 0 Å². The van der Waals surface area contributed by atoms with Crippen molar-refractivity contribution in [2.45, 2.75) is 19.8 Å². The van der Waals surface area contributed by atoms with Crippen LogP contribution in [0.2, 0.25) is 0 Å². The van der Waals surface area contributed by atoms with Crippen molar-refractivity contribution < 1.29 is 12.8 Å². The van der Waals surface area contributed by atoms with Crippen LogP contribution in [0, 0.1) is 0 Å². The second-order valence-electron chi connectivity index (χ2n) is 1.66. The first kappa shape index (κ1) is 12.2. The van der Waals surface area contributed by atoms with E-state index >= 15 is 0 Å². The summed E-state index contributed by atoms with van der Waals surface area (Å²) in [5.74, 6) is -0.883. The third kappa shape index (κ3) is 6.35. The summed E-state index contributed by atoms with van der Waals surface area (Å²) in [7, 11) is 0. The summed E-state index contributed by atoms with van der Waals surface area (Å²) in [5.41, 5.74) is 0.299. The van der Waals surface area contributed by atoms with Crippen molar-refractivity contribution in [3.63, 3.8) is 0 Å². The fourth-order valence-corrected chi connectivity index (χ4v) is 0.409. The maximum Gasteiger partial charge on any atom is 2.00 e. The van der Waals surface area contributed by atoms with Gasteiger partial charge in [0.2, 0.25) is 0 Å². The van der Waals surface area contributed by atoms with E-state index in [0.29, 0.717) is 12.0 Å². The molecular weight excluding hydrogens is 144 g/mol. The molecule has 3 heteroatoms. The van der Waals surface area contributed by atoms with Gasteiger partial charge in [-0.2, -0.15) is 0 Å². The largest absolute Gasteiger partial charge is 2.00 e. The summed E-state index contributed by atoms with van der Waals surface area (Å²) in [5, 5.41) is 8.21. The molecule has 0 atom stereocenters. The van der Waals surface area contributed by atoms with Crippen molar-refractivity contribution in [3.8, 4) is 0 Å². The van der Waals surface area contributed by atoms with Crippen molar-refractivity contribution in [2.75, 3.05) is 0 Å². The van der Waals surface area contributed by atoms with Crippen LogP contribution in [0.15, 0.2) is 12.2 Å². The summed E-state index contributed by atoms with van der Waals surface area (Å²) < 4.78 is 0. The van der Waals surface area contributed by atoms with Gasteiger partial charge in [0.25, 0.3) is 0 Å². The molecule has 2 nitrogen and oxygen atoms in total. The van der Waals surface area contributed by atoms with E-state index in [-0.39, 0.29) is 40.6 Å². The molecule has 1 N–H and O–H groups in total. The van der Waals surface area contributed by atoms with Crippen molar-refractivity contribution in [2.24, 2.45) is 0 Å². The summed E-state index contributed by atoms with van der Waals surface area (Å²) in [6, 6.07) is 0. The van der Waals surface area contributed by atoms with Crippen LogP contribution in [-0.2, 0) is 4.79 Å². The van der Waals surface area contributed by atoms with E-state index in [2.05, 4.69) is 6.58 Å². The minimum atomic E-state index is -0.883. The first-order chi connectivity index (χ1) is 3.68. The zero-order chi connectivity index (χ0) is 6.57. The van der Waals surface area contributed by atoms with Gasteiger partial charge < -0.3 is 7.96 Å². The molecule has 0 aromatic heterocycles. The molecule has 0 aliphatic rings. The van der Waals surface area contributed by atoms with E-state index < -0.39 is 5.97 Å². The number of rotatable bonds is 3. The average molecular weight is 156 g/mol. The SMILES string of the molecule is C=C(CCC)C(=O)O.[Ca+2].[H-].[H-]. The van der Waals surface area contributed by atoms with Crippen molar-refractivity contribution >= 4 is 43.7 Å². The number of carbonyl (C=O) groups is 1. The monoisotopic (exact) mass is 156 g/mol. The number of carboxylic acid groups (broad SMARTS) is 1. The molecule has 0 radical (unpaired) electrons. The Morgan fingerprint density at radius 2 is 2.22 bits per heavy atom. The smallest absolute Gasteiger partial charge is 1.00 e. The molecule has 9 heavy (non-hydrogen) atoms. The molecule has 0 aliphatic carbocycles. The maximum absolute atomic E-state index is 9.99. The molecule has 0 aromatic rings. The van der Waals surface area contributed by atoms with Gasteiger partial charge in [-0.05, 0) is 6.42 Å². The Kier molecular flexibility index (Phi) is 8.91. The van der Waals surface area contributed by atoms with Gasteiger partial charge in [0, 0.05) is 5.57 Å². The standard InChI is InChI=1S/C6H10O2.Ca.2H/c1-3-4-5(2)6(7)8;;;/h2-4H2,1H3,(H,7,8);;;/q;+2;2*-1. The van der Waals surface area contributed by atoms with Crippen molar-refractivity contribution in [3.05, 3.63) is 12.2 Å². The Hall–Kier alpha value is 0.470. The molecule has 50 valence electrons. The second-order valence-corrected chi connectivity index (χ2v) is 1.66. The Bertz CT molecular complexity index is 117. The molecule has 0 spiro atoms. The van der Waals surface area contributed by atoms with Gasteiger partial charge in [-0.1, -0.05) is 19.9 Å². The van der Waals surface area contributed by atoms with E-state index in [9.17, 15) is 4.79 Å². The number of hydrogen-bond donors (Lipinski definition) is 1. The summed E-state index contributed by atoms with van der Waals surface area (Å²) in [4.78, 5) is 9.99. The van der Waals surface area contributed by atoms with Gasteiger partial charge in [-0.3, -0.25) is 0 Å². The van der Waals surface area contributed by atoms with Gasteiger partial charge in [-0.25, -0.2) is 4.79 Å². The zero-order valence-electron chi connectivity index (χ0n) is 7.68. The predicted molar refractivity (Wildman–Crippen MR) is 39.7 cm³/mol. The van der Waals surface area contributed by atoms with Crippen LogP contribution in [0.25, 0.3) is 0 Å². The topological polar surface area (TPSA) is 37.3 Å². The van der Waals surface area contributed by atoms with Crippen LogP contribution in [0.4, 0.5) is 0 Å². The van der Waals surface area contributed by atoms with Crippen LogP contribution in [-0.4, -0.2) is 48.8 Å². The molecule has 0 unspecified atom stereocenters. The van der Waals surface area contributed by atoms with Crippen molar-refractivity contribution in [1.82, 2.24) is 0 Å². The third-order valence-corrected chi connectivity index (χ3v) is 0.854. The van der Waals surface area contributed by atoms with Crippen LogP contribution in [0.3, 0.4) is 0 Å². The number of carboxylic acids is 1. The van der Waals surface area contributed by atoms with Crippen molar-refractivity contribution in [1.29, 1.82) is 0 Å². The Morgan fingerprint density at radius 3 is 2.33 bits per heavy atom. The molecule has 0 fully saturated rings. The molecular formula is C6H12CaO2. The minimum Gasteiger partial charge on any atom is -1.00 e. The van der Waals surface area contributed by atoms with Gasteiger partial charge >= 0.3 is 43.7 Å². The third-order valence-electron chi connectivity index (χ3n) is 0.854. The first-order valence-corrected chi connectivity index (χ1v) is 2.59. The van der Waals surface area contributed by atoms with E-state index in [1.165, 1.54) is 0 Å². The van der Waals surface area contributed by atoms with Crippen LogP contribution >= 0.6 is 0 Å². The van der Waals surface area contributed by atoms with Gasteiger partial charge in [0.1, 0.15) is 0 Å². The molecule has 0 bridgehead atoms. The molecule has 0 heterocycles. The molecule has 0 aromatic carbocycles. The maximum atomic E-state index is 9.99. The Morgan fingerprint density at radius 1 is 1.78 bits per heavy atom. The minimum absolute atomic E-state index is 0. The molecule has 0 saturated carbocycles. The van der Waals surface area contributed by atoms with Gasteiger partial charge in [0.05, 0.1) is 0 Å². The van der Waals surface area contributed by atoms with E-state index in [1.807, 2.05) is 6.92 Å². The van der Waals surface area contributed by atoms with Gasteiger partial charge in [0.15, 0.2) is 0 Å². The number of hydrogen-bond acceptors (Lipinski definition) is 1. The fraction of sp³-hybridized carbons (Fsp3) is 0.500. The predicted octanol–water partition coefficient (Wildman–Crippen LogP) is 1.27. The zero-order valence-corrected chi connectivity index (χ0v) is 7.89. The van der Waals surface area contributed by atoms with Crippen LogP contribution in [0.5, 0.6) is 0 Å². The summed E-state index contributed by atoms with van der Waals surface area (Å²) in [6.07, 6.45) is 1.44. The van der Waals surface area contributed by atoms with E-state index in [0.717, 1.165) is 6.42 Å². The summed E-state index contributed by atoms with van der Waals surface area (Å²) >= 11 is 0. The van der Waals surface area contributed by atoms with Crippen LogP contribution < -0.4 is 0 Å². The summed E-state index contributed by atoms with van der Waals surface area (Å²) in [6.45, 7) is 5.27. The second kappa shape index (κ2) is 6.59.